The van der Waals surface area contributed by atoms with E-state index in [1.807, 2.05) is 0 Å². The van der Waals surface area contributed by atoms with E-state index < -0.39 is 0 Å². The lowest BCUT2D eigenvalue weighted by molar-refractivity contribution is 1.09. The summed E-state index contributed by atoms with van der Waals surface area (Å²) in [6.45, 7) is 0. The zero-order chi connectivity index (χ0) is 13.8. The average molecular weight is 279 g/mol. The van der Waals surface area contributed by atoms with Crippen molar-refractivity contribution in [3.8, 4) is 0 Å². The number of hydrogen-bond acceptors (Lipinski definition) is 6. The molecule has 0 radical (unpaired) electrons. The van der Waals surface area contributed by atoms with Crippen molar-refractivity contribution < 1.29 is 0 Å². The quantitative estimate of drug-likeness (QED) is 0.355. The molecular formula is C9H9N7O2S. The number of anilines is 1. The molecule has 3 rings (SSSR count). The summed E-state index contributed by atoms with van der Waals surface area (Å²) in [4.78, 5) is 38.9. The number of rotatable bonds is 0. The van der Waals surface area contributed by atoms with E-state index in [0.29, 0.717) is 15.9 Å². The molecule has 3 heterocycles. The summed E-state index contributed by atoms with van der Waals surface area (Å²) in [6.07, 6.45) is 2.90. The van der Waals surface area contributed by atoms with Crippen LogP contribution in [-0.4, -0.2) is 29.9 Å². The maximum atomic E-state index is 11.0. The van der Waals surface area contributed by atoms with Crippen molar-refractivity contribution in [2.75, 3.05) is 5.73 Å². The largest absolute Gasteiger partial charge is 0.369 e. The molecular weight excluding hydrogens is 270 g/mol. The van der Waals surface area contributed by atoms with Crippen molar-refractivity contribution in [2.24, 2.45) is 0 Å². The van der Waals surface area contributed by atoms with Crippen LogP contribution in [0.2, 0.25) is 0 Å². The first-order valence-corrected chi connectivity index (χ1v) is 5.44. The van der Waals surface area contributed by atoms with Gasteiger partial charge < -0.3 is 15.7 Å². The van der Waals surface area contributed by atoms with Crippen LogP contribution in [-0.2, 0) is 0 Å². The first-order chi connectivity index (χ1) is 9.06. The molecule has 9 nitrogen and oxygen atoms in total. The summed E-state index contributed by atoms with van der Waals surface area (Å²) >= 11 is 4.59. The minimum absolute atomic E-state index is 0.0783. The number of fused-ring (bicyclic) bond motifs is 1. The molecule has 0 atom stereocenters. The smallest absolute Gasteiger partial charge is 0.278 e. The highest BCUT2D eigenvalue weighted by Crippen LogP contribution is 1.98. The van der Waals surface area contributed by atoms with Gasteiger partial charge in [-0.05, 0) is 12.2 Å². The maximum Gasteiger partial charge on any atom is 0.278 e. The number of imidazole rings is 1. The predicted molar refractivity (Wildman–Crippen MR) is 71.2 cm³/mol. The Balaban J connectivity index is 0.000000148. The van der Waals surface area contributed by atoms with Gasteiger partial charge in [-0.1, -0.05) is 0 Å². The number of aromatic nitrogens is 6. The standard InChI is InChI=1S/C5H5N5O.C4H4N2OS/c6-5-9-3-2(4(11)10-5)7-1-8-3;7-3-1-2-5-4(8)6-3/h1H,(H4,6,7,8,9,10,11);1-2H,(H2,5,6,7,8). The molecule has 0 aliphatic rings. The van der Waals surface area contributed by atoms with Crippen molar-refractivity contribution in [1.82, 2.24) is 29.9 Å². The first kappa shape index (κ1) is 12.7. The van der Waals surface area contributed by atoms with Crippen LogP contribution in [0.25, 0.3) is 11.2 Å². The summed E-state index contributed by atoms with van der Waals surface area (Å²) in [5.74, 6) is 0.0783. The minimum Gasteiger partial charge on any atom is -0.369 e. The Morgan fingerprint density at radius 1 is 1.21 bits per heavy atom. The number of aromatic amines is 4. The van der Waals surface area contributed by atoms with Crippen LogP contribution in [0.4, 0.5) is 5.95 Å². The van der Waals surface area contributed by atoms with Gasteiger partial charge in [0.25, 0.3) is 11.1 Å². The van der Waals surface area contributed by atoms with Gasteiger partial charge in [-0.3, -0.25) is 19.6 Å². The number of nitrogens with zero attached hydrogens (tertiary/aromatic N) is 2. The summed E-state index contributed by atoms with van der Waals surface area (Å²) < 4.78 is 0.359. The van der Waals surface area contributed by atoms with Gasteiger partial charge in [-0.25, -0.2) is 4.98 Å². The molecule has 0 saturated heterocycles. The van der Waals surface area contributed by atoms with Crippen LogP contribution < -0.4 is 16.9 Å². The highest BCUT2D eigenvalue weighted by molar-refractivity contribution is 7.71. The Morgan fingerprint density at radius 2 is 2.00 bits per heavy atom. The third kappa shape index (κ3) is 3.13. The first-order valence-electron chi connectivity index (χ1n) is 5.03. The molecule has 19 heavy (non-hydrogen) atoms. The van der Waals surface area contributed by atoms with E-state index in [1.54, 1.807) is 0 Å². The van der Waals surface area contributed by atoms with E-state index >= 15 is 0 Å². The summed E-state index contributed by atoms with van der Waals surface area (Å²) in [5.41, 5.74) is 5.48. The van der Waals surface area contributed by atoms with E-state index in [1.165, 1.54) is 18.6 Å². The summed E-state index contributed by atoms with van der Waals surface area (Å²) in [5, 5.41) is 0. The molecule has 10 heteroatoms. The fourth-order valence-electron chi connectivity index (χ4n) is 1.24. The average Bonchev–Trinajstić information content (AvgIpc) is 2.77. The van der Waals surface area contributed by atoms with Gasteiger partial charge in [-0.15, -0.1) is 0 Å². The number of nitrogens with two attached hydrogens (primary N) is 1. The summed E-state index contributed by atoms with van der Waals surface area (Å²) in [6, 6.07) is 1.37. The SMILES string of the molecule is Nc1nc2nc[nH]c2c(=O)[nH]1.O=c1cc[nH]c(=S)[nH]1. The van der Waals surface area contributed by atoms with Gasteiger partial charge in [0, 0.05) is 12.3 Å². The van der Waals surface area contributed by atoms with Gasteiger partial charge in [0.15, 0.2) is 15.9 Å². The molecule has 6 N–H and O–H groups in total. The second-order valence-corrected chi connectivity index (χ2v) is 3.76. The minimum atomic E-state index is -0.301. The maximum absolute atomic E-state index is 11.0. The fourth-order valence-corrected chi connectivity index (χ4v) is 1.41. The molecule has 0 saturated carbocycles. The Morgan fingerprint density at radius 3 is 2.63 bits per heavy atom. The monoisotopic (exact) mass is 279 g/mol. The van der Waals surface area contributed by atoms with Crippen molar-refractivity contribution in [3.05, 3.63) is 44.1 Å². The Kier molecular flexibility index (Phi) is 3.52. The predicted octanol–water partition coefficient (Wildman–Crippen LogP) is -0.339. The molecule has 0 unspecified atom stereocenters. The molecule has 0 aromatic carbocycles. The molecule has 0 spiro atoms. The van der Waals surface area contributed by atoms with Gasteiger partial charge in [-0.2, -0.15) is 4.98 Å². The zero-order valence-corrected chi connectivity index (χ0v) is 10.2. The van der Waals surface area contributed by atoms with Crippen molar-refractivity contribution in [3.63, 3.8) is 0 Å². The van der Waals surface area contributed by atoms with E-state index in [4.69, 9.17) is 5.73 Å². The highest BCUT2D eigenvalue weighted by Gasteiger charge is 2.01. The van der Waals surface area contributed by atoms with Gasteiger partial charge in [0.05, 0.1) is 6.33 Å². The van der Waals surface area contributed by atoms with Crippen LogP contribution in [0.5, 0.6) is 0 Å². The number of hydrogen-bond donors (Lipinski definition) is 5. The lowest BCUT2D eigenvalue weighted by atomic mass is 10.5. The highest BCUT2D eigenvalue weighted by atomic mass is 32.1. The second kappa shape index (κ2) is 5.27. The lowest BCUT2D eigenvalue weighted by Gasteiger charge is -1.89. The topological polar surface area (TPSA) is 149 Å². The van der Waals surface area contributed by atoms with E-state index in [9.17, 15) is 9.59 Å². The number of nitrogens with one attached hydrogen (secondary N) is 4. The fraction of sp³-hybridized carbons (Fsp3) is 0. The molecule has 3 aromatic rings. The molecule has 0 bridgehead atoms. The van der Waals surface area contributed by atoms with Crippen molar-refractivity contribution in [1.29, 1.82) is 0 Å². The zero-order valence-electron chi connectivity index (χ0n) is 9.43. The van der Waals surface area contributed by atoms with Gasteiger partial charge in [0.1, 0.15) is 0 Å². The Bertz CT molecular complexity index is 833. The second-order valence-electron chi connectivity index (χ2n) is 3.35. The molecule has 0 amide bonds. The van der Waals surface area contributed by atoms with Crippen molar-refractivity contribution >= 4 is 29.3 Å². The lowest BCUT2D eigenvalue weighted by Crippen LogP contribution is -2.10. The third-order valence-electron chi connectivity index (χ3n) is 2.00. The van der Waals surface area contributed by atoms with Crippen LogP contribution >= 0.6 is 12.2 Å². The molecule has 98 valence electrons. The van der Waals surface area contributed by atoms with E-state index in [0.717, 1.165) is 0 Å². The molecule has 0 aliphatic heterocycles. The molecule has 3 aromatic heterocycles. The van der Waals surface area contributed by atoms with Crippen LogP contribution in [0.1, 0.15) is 0 Å². The van der Waals surface area contributed by atoms with Gasteiger partial charge in [0.2, 0.25) is 5.95 Å². The van der Waals surface area contributed by atoms with E-state index in [-0.39, 0.29) is 17.1 Å². The molecule has 0 fully saturated rings. The third-order valence-corrected chi connectivity index (χ3v) is 2.22. The van der Waals surface area contributed by atoms with Crippen molar-refractivity contribution in [2.45, 2.75) is 0 Å². The normalized spacial score (nSPS) is 9.89. The molecule has 0 aliphatic carbocycles. The number of nitrogen functional groups attached to an aromatic ring is 1. The van der Waals surface area contributed by atoms with Crippen LogP contribution in [0.3, 0.4) is 0 Å². The summed E-state index contributed by atoms with van der Waals surface area (Å²) in [7, 11) is 0. The Hall–Kier alpha value is -2.75. The van der Waals surface area contributed by atoms with Crippen LogP contribution in [0, 0.1) is 4.77 Å². The number of H-pyrrole nitrogens is 4. The van der Waals surface area contributed by atoms with E-state index in [2.05, 4.69) is 42.1 Å². The van der Waals surface area contributed by atoms with Crippen LogP contribution in [0.15, 0.2) is 28.2 Å². The Labute approximate surface area is 110 Å². The van der Waals surface area contributed by atoms with Gasteiger partial charge >= 0.3 is 0 Å².